The van der Waals surface area contributed by atoms with Crippen LogP contribution in [0.1, 0.15) is 51.8 Å². The Morgan fingerprint density at radius 2 is 1.46 bits per heavy atom. The standard InChI is InChI=1S/C24H26N2O9/c1-24(2,3)35-23(31)25-16-8-6-7-14(11-16)21(29)34-13-19(27)26-18-12-15(20(28)32-4)9-10-17(18)22(30)33-5/h6-12H,13H2,1-5H3,(H,25,31)(H,26,27). The summed E-state index contributed by atoms with van der Waals surface area (Å²) in [4.78, 5) is 60.5. The molecule has 0 aliphatic heterocycles. The highest BCUT2D eigenvalue weighted by Crippen LogP contribution is 2.20. The average molecular weight is 486 g/mol. The number of carbonyl (C=O) groups excluding carboxylic acids is 5. The molecule has 2 N–H and O–H groups in total. The summed E-state index contributed by atoms with van der Waals surface area (Å²) in [6.07, 6.45) is -0.696. The van der Waals surface area contributed by atoms with Crippen LogP contribution in [0.5, 0.6) is 0 Å². The smallest absolute Gasteiger partial charge is 0.412 e. The zero-order valence-corrected chi connectivity index (χ0v) is 19.9. The van der Waals surface area contributed by atoms with Crippen molar-refractivity contribution in [3.05, 3.63) is 59.2 Å². The molecule has 0 aliphatic carbocycles. The van der Waals surface area contributed by atoms with Gasteiger partial charge in [0, 0.05) is 5.69 Å². The van der Waals surface area contributed by atoms with Crippen molar-refractivity contribution in [2.75, 3.05) is 31.5 Å². The van der Waals surface area contributed by atoms with Crippen LogP contribution in [0.2, 0.25) is 0 Å². The van der Waals surface area contributed by atoms with Gasteiger partial charge < -0.3 is 24.3 Å². The van der Waals surface area contributed by atoms with Crippen LogP contribution < -0.4 is 10.6 Å². The number of amides is 2. The average Bonchev–Trinajstić information content (AvgIpc) is 2.80. The highest BCUT2D eigenvalue weighted by Gasteiger charge is 2.19. The number of ether oxygens (including phenoxy) is 4. The Hall–Kier alpha value is -4.41. The highest BCUT2D eigenvalue weighted by molar-refractivity contribution is 6.04. The van der Waals surface area contributed by atoms with Gasteiger partial charge in [0.25, 0.3) is 5.91 Å². The molecular weight excluding hydrogens is 460 g/mol. The molecule has 0 saturated heterocycles. The first-order valence-electron chi connectivity index (χ1n) is 10.3. The zero-order chi connectivity index (χ0) is 26.2. The van der Waals surface area contributed by atoms with Crippen LogP contribution in [0.3, 0.4) is 0 Å². The van der Waals surface area contributed by atoms with Gasteiger partial charge in [-0.1, -0.05) is 6.07 Å². The van der Waals surface area contributed by atoms with Gasteiger partial charge >= 0.3 is 24.0 Å². The van der Waals surface area contributed by atoms with Crippen LogP contribution in [-0.4, -0.2) is 56.3 Å². The van der Waals surface area contributed by atoms with Crippen molar-refractivity contribution < 1.29 is 42.9 Å². The minimum absolute atomic E-state index is 0.0132. The van der Waals surface area contributed by atoms with Crippen molar-refractivity contribution in [2.45, 2.75) is 26.4 Å². The van der Waals surface area contributed by atoms with E-state index in [1.807, 2.05) is 0 Å². The maximum atomic E-state index is 12.4. The second-order valence-corrected chi connectivity index (χ2v) is 8.08. The maximum absolute atomic E-state index is 12.4. The minimum atomic E-state index is -0.829. The first kappa shape index (κ1) is 26.8. The Balaban J connectivity index is 2.05. The van der Waals surface area contributed by atoms with E-state index in [4.69, 9.17) is 9.47 Å². The summed E-state index contributed by atoms with van der Waals surface area (Å²) in [5.74, 6) is -3.02. The number of nitrogens with one attached hydrogen (secondary N) is 2. The highest BCUT2D eigenvalue weighted by atomic mass is 16.6. The third-order valence-corrected chi connectivity index (χ3v) is 4.20. The molecule has 0 spiro atoms. The van der Waals surface area contributed by atoms with Crippen LogP contribution in [0, 0.1) is 0 Å². The third kappa shape index (κ3) is 8.14. The summed E-state index contributed by atoms with van der Waals surface area (Å²) < 4.78 is 19.5. The Kier molecular flexibility index (Phi) is 8.92. The lowest BCUT2D eigenvalue weighted by Gasteiger charge is -2.19. The Morgan fingerprint density at radius 1 is 0.800 bits per heavy atom. The van der Waals surface area contributed by atoms with Gasteiger partial charge in [0.15, 0.2) is 6.61 Å². The van der Waals surface area contributed by atoms with Gasteiger partial charge in [-0.2, -0.15) is 0 Å². The van der Waals surface area contributed by atoms with Crippen molar-refractivity contribution in [1.29, 1.82) is 0 Å². The Morgan fingerprint density at radius 3 is 2.09 bits per heavy atom. The van der Waals surface area contributed by atoms with Gasteiger partial charge in [0.1, 0.15) is 5.60 Å². The zero-order valence-electron chi connectivity index (χ0n) is 19.9. The number of esters is 3. The molecule has 0 aliphatic rings. The predicted molar refractivity (Wildman–Crippen MR) is 124 cm³/mol. The monoisotopic (exact) mass is 486 g/mol. The molecule has 2 amide bonds. The molecule has 0 heterocycles. The van der Waals surface area contributed by atoms with E-state index in [0.29, 0.717) is 5.69 Å². The number of rotatable bonds is 7. The molecule has 0 radical (unpaired) electrons. The summed E-state index contributed by atoms with van der Waals surface area (Å²) in [6, 6.07) is 9.74. The van der Waals surface area contributed by atoms with Crippen molar-refractivity contribution in [2.24, 2.45) is 0 Å². The molecule has 0 atom stereocenters. The van der Waals surface area contributed by atoms with Gasteiger partial charge in [-0.3, -0.25) is 10.1 Å². The van der Waals surface area contributed by atoms with E-state index in [1.165, 1.54) is 43.5 Å². The van der Waals surface area contributed by atoms with Crippen LogP contribution in [-0.2, 0) is 23.7 Å². The summed E-state index contributed by atoms with van der Waals surface area (Å²) in [6.45, 7) is 4.45. The number of carbonyl (C=O) groups is 5. The fourth-order valence-electron chi connectivity index (χ4n) is 2.73. The second-order valence-electron chi connectivity index (χ2n) is 8.08. The molecule has 11 heteroatoms. The van der Waals surface area contributed by atoms with E-state index in [2.05, 4.69) is 20.1 Å². The van der Waals surface area contributed by atoms with E-state index >= 15 is 0 Å². The molecule has 0 unspecified atom stereocenters. The third-order valence-electron chi connectivity index (χ3n) is 4.20. The van der Waals surface area contributed by atoms with Gasteiger partial charge in [0.05, 0.1) is 36.6 Å². The van der Waals surface area contributed by atoms with E-state index in [0.717, 1.165) is 7.11 Å². The van der Waals surface area contributed by atoms with Crippen molar-refractivity contribution in [3.8, 4) is 0 Å². The lowest BCUT2D eigenvalue weighted by molar-refractivity contribution is -0.119. The molecule has 186 valence electrons. The fraction of sp³-hybridized carbons (Fsp3) is 0.292. The molecule has 2 rings (SSSR count). The normalized spacial score (nSPS) is 10.5. The lowest BCUT2D eigenvalue weighted by Crippen LogP contribution is -2.27. The second kappa shape index (κ2) is 11.6. The molecule has 0 saturated carbocycles. The van der Waals surface area contributed by atoms with Crippen molar-refractivity contribution >= 4 is 41.3 Å². The predicted octanol–water partition coefficient (Wildman–Crippen LogP) is 3.40. The molecule has 0 aromatic heterocycles. The molecular formula is C24H26N2O9. The number of hydrogen-bond acceptors (Lipinski definition) is 9. The van der Waals surface area contributed by atoms with Gasteiger partial charge in [0.2, 0.25) is 0 Å². The largest absolute Gasteiger partial charge is 0.465 e. The summed E-state index contributed by atoms with van der Waals surface area (Å²) in [5, 5.41) is 4.92. The molecule has 2 aromatic carbocycles. The van der Waals surface area contributed by atoms with Crippen LogP contribution in [0.15, 0.2) is 42.5 Å². The summed E-state index contributed by atoms with van der Waals surface area (Å²) in [5.41, 5.74) is -0.278. The van der Waals surface area contributed by atoms with E-state index in [-0.39, 0.29) is 22.4 Å². The van der Waals surface area contributed by atoms with Gasteiger partial charge in [-0.15, -0.1) is 0 Å². The Labute approximate surface area is 201 Å². The van der Waals surface area contributed by atoms with Crippen LogP contribution in [0.4, 0.5) is 16.2 Å². The fourth-order valence-corrected chi connectivity index (χ4v) is 2.73. The number of benzene rings is 2. The molecule has 2 aromatic rings. The lowest BCUT2D eigenvalue weighted by atomic mass is 10.1. The van der Waals surface area contributed by atoms with Crippen molar-refractivity contribution in [1.82, 2.24) is 0 Å². The van der Waals surface area contributed by atoms with Gasteiger partial charge in [-0.25, -0.2) is 19.2 Å². The van der Waals surface area contributed by atoms with E-state index < -0.39 is 42.1 Å². The summed E-state index contributed by atoms with van der Waals surface area (Å²) in [7, 11) is 2.35. The number of anilines is 2. The SMILES string of the molecule is COC(=O)c1ccc(C(=O)OC)c(NC(=O)COC(=O)c2cccc(NC(=O)OC(C)(C)C)c2)c1. The van der Waals surface area contributed by atoms with E-state index in [9.17, 15) is 24.0 Å². The topological polar surface area (TPSA) is 146 Å². The molecule has 11 nitrogen and oxygen atoms in total. The molecule has 0 bridgehead atoms. The number of hydrogen-bond donors (Lipinski definition) is 2. The minimum Gasteiger partial charge on any atom is -0.465 e. The van der Waals surface area contributed by atoms with Crippen LogP contribution in [0.25, 0.3) is 0 Å². The first-order valence-corrected chi connectivity index (χ1v) is 10.3. The quantitative estimate of drug-likeness (QED) is 0.444. The maximum Gasteiger partial charge on any atom is 0.412 e. The Bertz CT molecular complexity index is 1140. The molecule has 0 fully saturated rings. The van der Waals surface area contributed by atoms with Crippen molar-refractivity contribution in [3.63, 3.8) is 0 Å². The summed E-state index contributed by atoms with van der Waals surface area (Å²) >= 11 is 0. The molecule has 35 heavy (non-hydrogen) atoms. The number of methoxy groups -OCH3 is 2. The van der Waals surface area contributed by atoms with Crippen LogP contribution >= 0.6 is 0 Å². The first-order chi connectivity index (χ1) is 16.4. The van der Waals surface area contributed by atoms with E-state index in [1.54, 1.807) is 26.8 Å². The van der Waals surface area contributed by atoms with Gasteiger partial charge in [-0.05, 0) is 57.2 Å².